The minimum absolute atomic E-state index is 0. The van der Waals surface area contributed by atoms with E-state index in [1.165, 1.54) is 0 Å². The van der Waals surface area contributed by atoms with Crippen LogP contribution in [0.15, 0.2) is 42.5 Å². The molecule has 28 heavy (non-hydrogen) atoms. The summed E-state index contributed by atoms with van der Waals surface area (Å²) in [5, 5.41) is 3.41. The van der Waals surface area contributed by atoms with Gasteiger partial charge in [0, 0.05) is 43.9 Å². The Balaban J connectivity index is 0.00000196. The van der Waals surface area contributed by atoms with Crippen LogP contribution in [0.5, 0.6) is 17.2 Å². The van der Waals surface area contributed by atoms with E-state index in [0.717, 1.165) is 48.8 Å². The lowest BCUT2D eigenvalue weighted by molar-refractivity contribution is 0.179. The number of hydrogen-bond acceptors (Lipinski definition) is 5. The molecule has 7 heteroatoms. The quantitative estimate of drug-likeness (QED) is 0.718. The van der Waals surface area contributed by atoms with E-state index in [1.54, 1.807) is 14.2 Å². The molecule has 1 aliphatic heterocycles. The van der Waals surface area contributed by atoms with Crippen LogP contribution in [0, 0.1) is 0 Å². The molecule has 2 aromatic carbocycles. The van der Waals surface area contributed by atoms with Crippen molar-refractivity contribution < 1.29 is 14.2 Å². The molecule has 1 N–H and O–H groups in total. The average Bonchev–Trinajstić information content (AvgIpc) is 2.72. The molecule has 0 amide bonds. The van der Waals surface area contributed by atoms with Gasteiger partial charge in [0.2, 0.25) is 0 Å². The number of rotatable bonds is 7. The van der Waals surface area contributed by atoms with Crippen LogP contribution in [0.25, 0.3) is 0 Å². The molecule has 0 aliphatic carbocycles. The Morgan fingerprint density at radius 2 is 1.54 bits per heavy atom. The minimum Gasteiger partial charge on any atom is -0.493 e. The highest BCUT2D eigenvalue weighted by molar-refractivity contribution is 5.85. The molecule has 156 valence electrons. The standard InChI is InChI=1S/C21H28N2O3.2ClH/c1-16(23-11-9-22-10-12-23)18-13-20(24-2)21(25-3)14-19(18)26-15-17-7-5-4-6-8-17;;/h4-8,13-14,16,22H,9-12,15H2,1-3H3;2*1H/t16-;;/m1../s1. The van der Waals surface area contributed by atoms with Gasteiger partial charge in [-0.2, -0.15) is 0 Å². The summed E-state index contributed by atoms with van der Waals surface area (Å²) in [5.41, 5.74) is 2.27. The maximum Gasteiger partial charge on any atom is 0.164 e. The average molecular weight is 429 g/mol. The fourth-order valence-electron chi connectivity index (χ4n) is 3.33. The van der Waals surface area contributed by atoms with E-state index >= 15 is 0 Å². The summed E-state index contributed by atoms with van der Waals surface area (Å²) < 4.78 is 17.2. The lowest BCUT2D eigenvalue weighted by Crippen LogP contribution is -2.44. The van der Waals surface area contributed by atoms with Crippen molar-refractivity contribution in [1.82, 2.24) is 10.2 Å². The van der Waals surface area contributed by atoms with Gasteiger partial charge in [0.05, 0.1) is 14.2 Å². The van der Waals surface area contributed by atoms with Crippen molar-refractivity contribution >= 4 is 24.8 Å². The molecular weight excluding hydrogens is 399 g/mol. The SMILES string of the molecule is COc1cc(OCc2ccccc2)c([C@@H](C)N2CCNCC2)cc1OC.Cl.Cl. The third-order valence-corrected chi connectivity index (χ3v) is 4.90. The molecule has 1 heterocycles. The van der Waals surface area contributed by atoms with Gasteiger partial charge in [0.25, 0.3) is 0 Å². The molecule has 3 rings (SSSR count). The molecule has 1 fully saturated rings. The summed E-state index contributed by atoms with van der Waals surface area (Å²) in [6.45, 7) is 6.82. The van der Waals surface area contributed by atoms with Gasteiger partial charge in [-0.3, -0.25) is 4.90 Å². The first-order chi connectivity index (χ1) is 12.7. The second-order valence-corrected chi connectivity index (χ2v) is 6.48. The van der Waals surface area contributed by atoms with Crippen molar-refractivity contribution in [2.45, 2.75) is 19.6 Å². The molecule has 0 aromatic heterocycles. The molecule has 5 nitrogen and oxygen atoms in total. The highest BCUT2D eigenvalue weighted by Gasteiger charge is 2.23. The van der Waals surface area contributed by atoms with Crippen molar-refractivity contribution in [2.75, 3.05) is 40.4 Å². The van der Waals surface area contributed by atoms with Crippen LogP contribution in [0.4, 0.5) is 0 Å². The number of nitrogens with one attached hydrogen (secondary N) is 1. The van der Waals surface area contributed by atoms with Crippen LogP contribution in [0.2, 0.25) is 0 Å². The summed E-state index contributed by atoms with van der Waals surface area (Å²) in [6, 6.07) is 14.4. The molecule has 2 aromatic rings. The molecular formula is C21H30Cl2N2O3. The third-order valence-electron chi connectivity index (χ3n) is 4.90. The van der Waals surface area contributed by atoms with Crippen molar-refractivity contribution in [3.8, 4) is 17.2 Å². The Morgan fingerprint density at radius 1 is 0.929 bits per heavy atom. The Hall–Kier alpha value is -1.66. The second kappa shape index (κ2) is 12.0. The maximum absolute atomic E-state index is 6.20. The normalized spacial score (nSPS) is 15.0. The molecule has 0 spiro atoms. The number of benzene rings is 2. The molecule has 1 aliphatic rings. The Kier molecular flexibility index (Phi) is 10.5. The van der Waals surface area contributed by atoms with Gasteiger partial charge in [-0.25, -0.2) is 0 Å². The summed E-state index contributed by atoms with van der Waals surface area (Å²) in [5.74, 6) is 2.26. The first-order valence-corrected chi connectivity index (χ1v) is 9.10. The fourth-order valence-corrected chi connectivity index (χ4v) is 3.33. The number of halogens is 2. The second-order valence-electron chi connectivity index (χ2n) is 6.48. The molecule has 0 saturated carbocycles. The zero-order valence-electron chi connectivity index (χ0n) is 16.6. The number of ether oxygens (including phenoxy) is 3. The van der Waals surface area contributed by atoms with E-state index in [9.17, 15) is 0 Å². The Labute approximate surface area is 180 Å². The Morgan fingerprint density at radius 3 is 2.14 bits per heavy atom. The van der Waals surface area contributed by atoms with E-state index in [4.69, 9.17) is 14.2 Å². The van der Waals surface area contributed by atoms with Gasteiger partial charge >= 0.3 is 0 Å². The highest BCUT2D eigenvalue weighted by Crippen LogP contribution is 2.39. The van der Waals surface area contributed by atoms with Gasteiger partial charge in [-0.1, -0.05) is 30.3 Å². The van der Waals surface area contributed by atoms with Crippen molar-refractivity contribution in [1.29, 1.82) is 0 Å². The van der Waals surface area contributed by atoms with Gasteiger partial charge in [-0.05, 0) is 18.6 Å². The zero-order chi connectivity index (χ0) is 18.4. The highest BCUT2D eigenvalue weighted by atomic mass is 35.5. The van der Waals surface area contributed by atoms with Crippen molar-refractivity contribution in [2.24, 2.45) is 0 Å². The van der Waals surface area contributed by atoms with E-state index in [-0.39, 0.29) is 30.9 Å². The topological polar surface area (TPSA) is 43.0 Å². The smallest absolute Gasteiger partial charge is 0.164 e. The summed E-state index contributed by atoms with van der Waals surface area (Å²) in [6.07, 6.45) is 0. The molecule has 0 unspecified atom stereocenters. The number of piperazine rings is 1. The lowest BCUT2D eigenvalue weighted by Gasteiger charge is -2.34. The van der Waals surface area contributed by atoms with Crippen LogP contribution in [-0.2, 0) is 6.61 Å². The Bertz CT molecular complexity index is 710. The molecule has 1 saturated heterocycles. The number of methoxy groups -OCH3 is 2. The number of nitrogens with zero attached hydrogens (tertiary/aromatic N) is 1. The molecule has 0 radical (unpaired) electrons. The fraction of sp³-hybridized carbons (Fsp3) is 0.429. The predicted molar refractivity (Wildman–Crippen MR) is 118 cm³/mol. The van der Waals surface area contributed by atoms with E-state index < -0.39 is 0 Å². The summed E-state index contributed by atoms with van der Waals surface area (Å²) in [7, 11) is 3.32. The zero-order valence-corrected chi connectivity index (χ0v) is 18.3. The van der Waals surface area contributed by atoms with Gasteiger partial charge < -0.3 is 19.5 Å². The van der Waals surface area contributed by atoms with Crippen LogP contribution in [0.1, 0.15) is 24.1 Å². The van der Waals surface area contributed by atoms with Crippen molar-refractivity contribution in [3.63, 3.8) is 0 Å². The minimum atomic E-state index is 0. The van der Waals surface area contributed by atoms with Crippen LogP contribution in [-0.4, -0.2) is 45.3 Å². The van der Waals surface area contributed by atoms with E-state index in [1.807, 2.05) is 30.3 Å². The number of hydrogen-bond donors (Lipinski definition) is 1. The monoisotopic (exact) mass is 428 g/mol. The summed E-state index contributed by atoms with van der Waals surface area (Å²) in [4.78, 5) is 2.47. The predicted octanol–water partition coefficient (Wildman–Crippen LogP) is 4.09. The van der Waals surface area contributed by atoms with Gasteiger partial charge in [0.1, 0.15) is 12.4 Å². The van der Waals surface area contributed by atoms with Gasteiger partial charge in [0.15, 0.2) is 11.5 Å². The first-order valence-electron chi connectivity index (χ1n) is 9.10. The van der Waals surface area contributed by atoms with E-state index in [2.05, 4.69) is 29.3 Å². The maximum atomic E-state index is 6.20. The molecule has 0 bridgehead atoms. The summed E-state index contributed by atoms with van der Waals surface area (Å²) >= 11 is 0. The van der Waals surface area contributed by atoms with Crippen LogP contribution in [0.3, 0.4) is 0 Å². The van der Waals surface area contributed by atoms with Crippen LogP contribution >= 0.6 is 24.8 Å². The largest absolute Gasteiger partial charge is 0.493 e. The third kappa shape index (κ3) is 5.92. The lowest BCUT2D eigenvalue weighted by atomic mass is 10.0. The van der Waals surface area contributed by atoms with Gasteiger partial charge in [-0.15, -0.1) is 24.8 Å². The van der Waals surface area contributed by atoms with E-state index in [0.29, 0.717) is 12.4 Å². The van der Waals surface area contributed by atoms with Crippen molar-refractivity contribution in [3.05, 3.63) is 53.6 Å². The van der Waals surface area contributed by atoms with Crippen LogP contribution < -0.4 is 19.5 Å². The molecule has 1 atom stereocenters. The first kappa shape index (κ1) is 24.4.